The lowest BCUT2D eigenvalue weighted by Crippen LogP contribution is -2.42. The summed E-state index contributed by atoms with van der Waals surface area (Å²) in [6.45, 7) is 5.11. The van der Waals surface area contributed by atoms with E-state index in [4.69, 9.17) is 5.11 Å². The van der Waals surface area contributed by atoms with Crippen molar-refractivity contribution in [2.45, 2.75) is 33.1 Å². The van der Waals surface area contributed by atoms with Crippen LogP contribution in [0.2, 0.25) is 0 Å². The Morgan fingerprint density at radius 2 is 2.26 bits per heavy atom. The predicted molar refractivity (Wildman–Crippen MR) is 74.7 cm³/mol. The third kappa shape index (κ3) is 2.97. The lowest BCUT2D eigenvalue weighted by Gasteiger charge is -2.30. The first kappa shape index (κ1) is 14.1. The Labute approximate surface area is 117 Å². The Morgan fingerprint density at radius 1 is 1.53 bits per heavy atom. The monoisotopic (exact) mass is 281 g/mol. The molecule has 1 saturated heterocycles. The standard InChI is InChI=1S/C14H19NO3S/c1-3-10-7-12(19-9(10)2)13(16)15-6-4-5-11(8-15)14(17)18/h7,11H,3-6,8H2,1-2H3,(H,17,18). The summed E-state index contributed by atoms with van der Waals surface area (Å²) in [5.74, 6) is -1.22. The van der Waals surface area contributed by atoms with Crippen molar-refractivity contribution in [3.63, 3.8) is 0 Å². The second kappa shape index (κ2) is 5.74. The second-order valence-electron chi connectivity index (χ2n) is 4.97. The number of carboxylic acids is 1. The molecule has 2 heterocycles. The number of carbonyl (C=O) groups excluding carboxylic acids is 1. The highest BCUT2D eigenvalue weighted by atomic mass is 32.1. The van der Waals surface area contributed by atoms with E-state index in [1.54, 1.807) is 4.90 Å². The predicted octanol–water partition coefficient (Wildman–Crippen LogP) is 2.56. The molecule has 0 aromatic carbocycles. The van der Waals surface area contributed by atoms with E-state index >= 15 is 0 Å². The molecule has 1 aromatic rings. The molecule has 1 aromatic heterocycles. The van der Waals surface area contributed by atoms with Crippen LogP contribution < -0.4 is 0 Å². The van der Waals surface area contributed by atoms with Crippen LogP contribution in [0.5, 0.6) is 0 Å². The van der Waals surface area contributed by atoms with Crippen molar-refractivity contribution in [2.24, 2.45) is 5.92 Å². The van der Waals surface area contributed by atoms with Crippen molar-refractivity contribution in [1.82, 2.24) is 4.90 Å². The Morgan fingerprint density at radius 3 is 2.84 bits per heavy atom. The van der Waals surface area contributed by atoms with Gasteiger partial charge in [0.2, 0.25) is 0 Å². The number of carboxylic acid groups (broad SMARTS) is 1. The third-order valence-electron chi connectivity index (χ3n) is 3.67. The van der Waals surface area contributed by atoms with Crippen molar-refractivity contribution < 1.29 is 14.7 Å². The van der Waals surface area contributed by atoms with Gasteiger partial charge in [-0.15, -0.1) is 11.3 Å². The van der Waals surface area contributed by atoms with E-state index in [0.29, 0.717) is 19.5 Å². The fourth-order valence-electron chi connectivity index (χ4n) is 2.50. The Bertz CT molecular complexity index is 495. The molecule has 1 atom stereocenters. The van der Waals surface area contributed by atoms with Gasteiger partial charge >= 0.3 is 5.97 Å². The van der Waals surface area contributed by atoms with Gasteiger partial charge in [-0.25, -0.2) is 0 Å². The smallest absolute Gasteiger partial charge is 0.308 e. The summed E-state index contributed by atoms with van der Waals surface area (Å²) >= 11 is 1.51. The zero-order valence-corrected chi connectivity index (χ0v) is 12.1. The second-order valence-corrected chi connectivity index (χ2v) is 6.23. The minimum absolute atomic E-state index is 0.0150. The Balaban J connectivity index is 2.12. The molecule has 0 bridgehead atoms. The summed E-state index contributed by atoms with van der Waals surface area (Å²) < 4.78 is 0. The number of aliphatic carboxylic acids is 1. The average molecular weight is 281 g/mol. The number of aryl methyl sites for hydroxylation is 2. The minimum atomic E-state index is -0.797. The van der Waals surface area contributed by atoms with Gasteiger partial charge in [-0.2, -0.15) is 0 Å². The van der Waals surface area contributed by atoms with Gasteiger partial charge in [0.15, 0.2) is 0 Å². The summed E-state index contributed by atoms with van der Waals surface area (Å²) in [7, 11) is 0. The summed E-state index contributed by atoms with van der Waals surface area (Å²) in [4.78, 5) is 27.0. The average Bonchev–Trinajstić information content (AvgIpc) is 2.79. The molecule has 4 nitrogen and oxygen atoms in total. The van der Waals surface area contributed by atoms with Crippen molar-refractivity contribution in [3.8, 4) is 0 Å². The third-order valence-corrected chi connectivity index (χ3v) is 4.75. The van der Waals surface area contributed by atoms with Crippen LogP contribution in [-0.2, 0) is 11.2 Å². The first-order chi connectivity index (χ1) is 9.02. The van der Waals surface area contributed by atoms with Gasteiger partial charge in [0.25, 0.3) is 5.91 Å². The number of likely N-dealkylation sites (tertiary alicyclic amines) is 1. The van der Waals surface area contributed by atoms with Crippen molar-refractivity contribution in [3.05, 3.63) is 21.4 Å². The van der Waals surface area contributed by atoms with Gasteiger partial charge in [0.05, 0.1) is 10.8 Å². The van der Waals surface area contributed by atoms with E-state index < -0.39 is 11.9 Å². The highest BCUT2D eigenvalue weighted by Gasteiger charge is 2.29. The molecular formula is C14H19NO3S. The molecule has 1 fully saturated rings. The molecular weight excluding hydrogens is 262 g/mol. The highest BCUT2D eigenvalue weighted by molar-refractivity contribution is 7.14. The largest absolute Gasteiger partial charge is 0.481 e. The molecule has 0 aliphatic carbocycles. The van der Waals surface area contributed by atoms with Crippen LogP contribution in [0, 0.1) is 12.8 Å². The van der Waals surface area contributed by atoms with Crippen LogP contribution in [0.25, 0.3) is 0 Å². The first-order valence-corrected chi connectivity index (χ1v) is 7.46. The summed E-state index contributed by atoms with van der Waals surface area (Å²) in [5, 5.41) is 9.06. The van der Waals surface area contributed by atoms with Crippen LogP contribution >= 0.6 is 11.3 Å². The van der Waals surface area contributed by atoms with Crippen LogP contribution in [0.4, 0.5) is 0 Å². The van der Waals surface area contributed by atoms with E-state index in [0.717, 1.165) is 17.7 Å². The van der Waals surface area contributed by atoms with Crippen LogP contribution in [0.1, 0.15) is 39.9 Å². The summed E-state index contributed by atoms with van der Waals surface area (Å²) in [5.41, 5.74) is 1.21. The Kier molecular flexibility index (Phi) is 4.24. The normalized spacial score (nSPS) is 19.5. The minimum Gasteiger partial charge on any atom is -0.481 e. The highest BCUT2D eigenvalue weighted by Crippen LogP contribution is 2.25. The number of carbonyl (C=O) groups is 2. The Hall–Kier alpha value is -1.36. The number of thiophene rings is 1. The van der Waals surface area contributed by atoms with Gasteiger partial charge in [-0.3, -0.25) is 9.59 Å². The molecule has 19 heavy (non-hydrogen) atoms. The molecule has 0 spiro atoms. The summed E-state index contributed by atoms with van der Waals surface area (Å²) in [6.07, 6.45) is 2.36. The lowest BCUT2D eigenvalue weighted by molar-refractivity contribution is -0.143. The molecule has 0 radical (unpaired) electrons. The summed E-state index contributed by atoms with van der Waals surface area (Å²) in [6, 6.07) is 1.95. The van der Waals surface area contributed by atoms with Crippen molar-refractivity contribution in [1.29, 1.82) is 0 Å². The zero-order valence-electron chi connectivity index (χ0n) is 11.3. The number of hydrogen-bond acceptors (Lipinski definition) is 3. The molecule has 104 valence electrons. The van der Waals surface area contributed by atoms with E-state index in [1.165, 1.54) is 21.8 Å². The number of piperidine rings is 1. The molecule has 1 aliphatic heterocycles. The van der Waals surface area contributed by atoms with E-state index in [1.807, 2.05) is 13.0 Å². The van der Waals surface area contributed by atoms with E-state index in [9.17, 15) is 9.59 Å². The molecule has 5 heteroatoms. The maximum absolute atomic E-state index is 12.4. The molecule has 1 unspecified atom stereocenters. The fraction of sp³-hybridized carbons (Fsp3) is 0.571. The maximum Gasteiger partial charge on any atom is 0.308 e. The van der Waals surface area contributed by atoms with Gasteiger partial charge in [0, 0.05) is 18.0 Å². The van der Waals surface area contributed by atoms with E-state index in [2.05, 4.69) is 6.92 Å². The number of nitrogens with zero attached hydrogens (tertiary/aromatic N) is 1. The van der Waals surface area contributed by atoms with Crippen LogP contribution in [0.15, 0.2) is 6.07 Å². The van der Waals surface area contributed by atoms with Gasteiger partial charge in [-0.1, -0.05) is 6.92 Å². The lowest BCUT2D eigenvalue weighted by atomic mass is 9.98. The first-order valence-electron chi connectivity index (χ1n) is 6.64. The fourth-order valence-corrected chi connectivity index (χ4v) is 3.58. The van der Waals surface area contributed by atoms with Crippen molar-refractivity contribution in [2.75, 3.05) is 13.1 Å². The molecule has 0 saturated carbocycles. The molecule has 2 rings (SSSR count). The molecule has 1 N–H and O–H groups in total. The molecule has 1 aliphatic rings. The number of hydrogen-bond donors (Lipinski definition) is 1. The number of amides is 1. The quantitative estimate of drug-likeness (QED) is 0.926. The van der Waals surface area contributed by atoms with Gasteiger partial charge in [0.1, 0.15) is 0 Å². The van der Waals surface area contributed by atoms with E-state index in [-0.39, 0.29) is 5.91 Å². The molecule has 1 amide bonds. The van der Waals surface area contributed by atoms with Crippen LogP contribution in [0.3, 0.4) is 0 Å². The zero-order chi connectivity index (χ0) is 14.0. The number of rotatable bonds is 3. The van der Waals surface area contributed by atoms with Crippen LogP contribution in [-0.4, -0.2) is 35.0 Å². The van der Waals surface area contributed by atoms with Gasteiger partial charge in [-0.05, 0) is 37.8 Å². The van der Waals surface area contributed by atoms with Gasteiger partial charge < -0.3 is 10.0 Å². The van der Waals surface area contributed by atoms with Crippen molar-refractivity contribution >= 4 is 23.2 Å². The SMILES string of the molecule is CCc1cc(C(=O)N2CCCC(C(=O)O)C2)sc1C. The topological polar surface area (TPSA) is 57.6 Å². The maximum atomic E-state index is 12.4.